The third-order valence-corrected chi connectivity index (χ3v) is 8.76. The van der Waals surface area contributed by atoms with E-state index in [0.29, 0.717) is 23.7 Å². The summed E-state index contributed by atoms with van der Waals surface area (Å²) < 4.78 is 30.6. The van der Waals surface area contributed by atoms with Crippen molar-refractivity contribution < 1.29 is 8.42 Å². The van der Waals surface area contributed by atoms with Gasteiger partial charge in [0.25, 0.3) is 0 Å². The second kappa shape index (κ2) is 8.10. The average molecular weight is 438 g/mol. The van der Waals surface area contributed by atoms with Gasteiger partial charge in [0.15, 0.2) is 4.34 Å². The molecule has 0 radical (unpaired) electrons. The zero-order chi connectivity index (χ0) is 19.7. The summed E-state index contributed by atoms with van der Waals surface area (Å²) in [5.74, 6) is 1.59. The van der Waals surface area contributed by atoms with Crippen molar-refractivity contribution in [3.8, 4) is 0 Å². The number of sulfonamides is 1. The number of nitrogens with zero attached hydrogens (tertiary/aromatic N) is 5. The first kappa shape index (κ1) is 19.8. The first-order valence-corrected chi connectivity index (χ1v) is 12.7. The fourth-order valence-electron chi connectivity index (χ4n) is 3.50. The Morgan fingerprint density at radius 3 is 2.64 bits per heavy atom. The third kappa shape index (κ3) is 3.83. The largest absolute Gasteiger partial charge is 0.328 e. The Labute approximate surface area is 173 Å². The van der Waals surface area contributed by atoms with Crippen molar-refractivity contribution in [3.05, 3.63) is 29.0 Å². The van der Waals surface area contributed by atoms with Crippen LogP contribution < -0.4 is 0 Å². The molecule has 1 saturated heterocycles. The van der Waals surface area contributed by atoms with Crippen LogP contribution in [0.4, 0.5) is 0 Å². The number of piperidine rings is 1. The van der Waals surface area contributed by atoms with Gasteiger partial charge in [-0.1, -0.05) is 29.5 Å². The van der Waals surface area contributed by atoms with E-state index in [-0.39, 0.29) is 0 Å². The number of imidazole rings is 1. The number of thioether (sulfide) groups is 1. The Hall–Kier alpha value is -1.49. The SMILES string of the molecule is CCn1c(CSc2nnc(C)s2)nc2cc(S(=O)(=O)N3CCCCC3)ccc21. The topological polar surface area (TPSA) is 81.0 Å². The lowest BCUT2D eigenvalue weighted by molar-refractivity contribution is 0.346. The molecule has 0 bridgehead atoms. The van der Waals surface area contributed by atoms with Crippen LogP contribution in [-0.4, -0.2) is 45.6 Å². The van der Waals surface area contributed by atoms with Crippen molar-refractivity contribution in [2.75, 3.05) is 13.1 Å². The quantitative estimate of drug-likeness (QED) is 0.547. The Kier molecular flexibility index (Phi) is 5.73. The molecule has 7 nitrogen and oxygen atoms in total. The van der Waals surface area contributed by atoms with E-state index < -0.39 is 10.0 Å². The summed E-state index contributed by atoms with van der Waals surface area (Å²) in [5.41, 5.74) is 1.69. The highest BCUT2D eigenvalue weighted by Gasteiger charge is 2.26. The van der Waals surface area contributed by atoms with E-state index in [2.05, 4.69) is 21.7 Å². The van der Waals surface area contributed by atoms with Gasteiger partial charge in [-0.3, -0.25) is 0 Å². The van der Waals surface area contributed by atoms with Crippen LogP contribution in [0.3, 0.4) is 0 Å². The van der Waals surface area contributed by atoms with Gasteiger partial charge in [0, 0.05) is 19.6 Å². The lowest BCUT2D eigenvalue weighted by Crippen LogP contribution is -2.35. The summed E-state index contributed by atoms with van der Waals surface area (Å²) in [6.45, 7) is 6.00. The third-order valence-electron chi connectivity index (χ3n) is 4.90. The fraction of sp³-hybridized carbons (Fsp3) is 0.500. The predicted octanol–water partition coefficient (Wildman–Crippen LogP) is 3.68. The molecule has 0 unspecified atom stereocenters. The zero-order valence-electron chi connectivity index (χ0n) is 16.0. The summed E-state index contributed by atoms with van der Waals surface area (Å²) in [7, 11) is -3.45. The summed E-state index contributed by atoms with van der Waals surface area (Å²) in [6, 6.07) is 5.31. The first-order chi connectivity index (χ1) is 13.5. The van der Waals surface area contributed by atoms with E-state index >= 15 is 0 Å². The maximum Gasteiger partial charge on any atom is 0.243 e. The lowest BCUT2D eigenvalue weighted by Gasteiger charge is -2.25. The zero-order valence-corrected chi connectivity index (χ0v) is 18.4. The van der Waals surface area contributed by atoms with Gasteiger partial charge in [0.05, 0.1) is 21.7 Å². The number of aryl methyl sites for hydroxylation is 2. The molecule has 0 N–H and O–H groups in total. The highest BCUT2D eigenvalue weighted by Crippen LogP contribution is 2.29. The van der Waals surface area contributed by atoms with Crippen LogP contribution in [0.25, 0.3) is 11.0 Å². The Morgan fingerprint density at radius 2 is 1.96 bits per heavy atom. The molecule has 0 atom stereocenters. The first-order valence-electron chi connectivity index (χ1n) is 9.41. The predicted molar refractivity (Wildman–Crippen MR) is 112 cm³/mol. The molecule has 1 aliphatic rings. The maximum atomic E-state index is 13.0. The number of benzene rings is 1. The van der Waals surface area contributed by atoms with E-state index in [4.69, 9.17) is 4.98 Å². The van der Waals surface area contributed by atoms with Crippen molar-refractivity contribution in [1.29, 1.82) is 0 Å². The van der Waals surface area contributed by atoms with Gasteiger partial charge in [-0.25, -0.2) is 13.4 Å². The fourth-order valence-corrected chi connectivity index (χ4v) is 6.80. The van der Waals surface area contributed by atoms with Gasteiger partial charge in [0.2, 0.25) is 10.0 Å². The van der Waals surface area contributed by atoms with Crippen LogP contribution in [0.1, 0.15) is 37.0 Å². The van der Waals surface area contributed by atoms with Crippen molar-refractivity contribution in [2.24, 2.45) is 0 Å². The molecule has 0 spiro atoms. The normalized spacial score (nSPS) is 16.1. The molecule has 2 aromatic heterocycles. The molecule has 1 aliphatic heterocycles. The minimum atomic E-state index is -3.45. The van der Waals surface area contributed by atoms with Crippen LogP contribution in [-0.2, 0) is 22.3 Å². The summed E-state index contributed by atoms with van der Waals surface area (Å²) in [5, 5.41) is 9.14. The summed E-state index contributed by atoms with van der Waals surface area (Å²) >= 11 is 3.17. The minimum absolute atomic E-state index is 0.335. The monoisotopic (exact) mass is 437 g/mol. The van der Waals surface area contributed by atoms with E-state index in [9.17, 15) is 8.42 Å². The summed E-state index contributed by atoms with van der Waals surface area (Å²) in [4.78, 5) is 5.08. The van der Waals surface area contributed by atoms with Crippen LogP contribution in [0, 0.1) is 6.92 Å². The molecular weight excluding hydrogens is 414 g/mol. The van der Waals surface area contributed by atoms with E-state index in [1.807, 2.05) is 13.0 Å². The van der Waals surface area contributed by atoms with E-state index in [0.717, 1.165) is 52.0 Å². The number of hydrogen-bond donors (Lipinski definition) is 0. The minimum Gasteiger partial charge on any atom is -0.328 e. The molecule has 0 aliphatic carbocycles. The Bertz CT molecular complexity index is 1080. The molecule has 28 heavy (non-hydrogen) atoms. The molecular formula is C18H23N5O2S3. The molecule has 1 aromatic carbocycles. The molecule has 3 heterocycles. The van der Waals surface area contributed by atoms with Crippen molar-refractivity contribution in [3.63, 3.8) is 0 Å². The van der Waals surface area contributed by atoms with Crippen LogP contribution in [0.2, 0.25) is 0 Å². The second-order valence-corrected chi connectivity index (χ2v) is 11.1. The molecule has 1 fully saturated rings. The lowest BCUT2D eigenvalue weighted by atomic mass is 10.2. The van der Waals surface area contributed by atoms with Gasteiger partial charge in [0.1, 0.15) is 10.8 Å². The van der Waals surface area contributed by atoms with Gasteiger partial charge < -0.3 is 4.57 Å². The van der Waals surface area contributed by atoms with Gasteiger partial charge in [-0.2, -0.15) is 4.31 Å². The van der Waals surface area contributed by atoms with Crippen LogP contribution in [0.15, 0.2) is 27.4 Å². The molecule has 0 amide bonds. The number of rotatable bonds is 6. The highest BCUT2D eigenvalue weighted by atomic mass is 32.2. The van der Waals surface area contributed by atoms with Gasteiger partial charge in [-0.15, -0.1) is 10.2 Å². The molecule has 10 heteroatoms. The van der Waals surface area contributed by atoms with Crippen molar-refractivity contribution >= 4 is 44.2 Å². The number of hydrogen-bond acceptors (Lipinski definition) is 7. The maximum absolute atomic E-state index is 13.0. The molecule has 0 saturated carbocycles. The average Bonchev–Trinajstić information content (AvgIpc) is 3.28. The Balaban J connectivity index is 1.64. The summed E-state index contributed by atoms with van der Waals surface area (Å²) in [6.07, 6.45) is 2.96. The van der Waals surface area contributed by atoms with Gasteiger partial charge in [-0.05, 0) is 44.9 Å². The van der Waals surface area contributed by atoms with Crippen LogP contribution >= 0.6 is 23.1 Å². The number of aromatic nitrogens is 4. The van der Waals surface area contributed by atoms with Gasteiger partial charge >= 0.3 is 0 Å². The standard InChI is InChI=1S/C18H23N5O2S3/c1-3-23-16-8-7-14(28(24,25)22-9-5-4-6-10-22)11-15(16)19-17(23)12-26-18-21-20-13(2)27-18/h7-8,11H,3-6,9-10,12H2,1-2H3. The second-order valence-electron chi connectivity index (χ2n) is 6.76. The molecule has 4 rings (SSSR count). The van der Waals surface area contributed by atoms with Crippen molar-refractivity contribution in [2.45, 2.75) is 54.6 Å². The Morgan fingerprint density at radius 1 is 1.18 bits per heavy atom. The van der Waals surface area contributed by atoms with Crippen LogP contribution in [0.5, 0.6) is 0 Å². The van der Waals surface area contributed by atoms with Crippen molar-refractivity contribution in [1.82, 2.24) is 24.1 Å². The van der Waals surface area contributed by atoms with E-state index in [1.54, 1.807) is 39.5 Å². The smallest absolute Gasteiger partial charge is 0.243 e. The highest BCUT2D eigenvalue weighted by molar-refractivity contribution is 8.00. The van der Waals surface area contributed by atoms with E-state index in [1.165, 1.54) is 0 Å². The number of fused-ring (bicyclic) bond motifs is 1. The molecule has 150 valence electrons. The molecule has 3 aromatic rings.